The van der Waals surface area contributed by atoms with Gasteiger partial charge in [0.2, 0.25) is 0 Å². The molecule has 4 nitrogen and oxygen atoms in total. The molecule has 0 aliphatic carbocycles. The van der Waals surface area contributed by atoms with E-state index in [0.29, 0.717) is 6.61 Å². The molecule has 4 heteroatoms. The van der Waals surface area contributed by atoms with Gasteiger partial charge in [0.15, 0.2) is 0 Å². The summed E-state index contributed by atoms with van der Waals surface area (Å²) in [7, 11) is 0. The quantitative estimate of drug-likeness (QED) is 0.620. The Kier molecular flexibility index (Phi) is 4.61. The standard InChI is InChI=1S/C14H20N2O2/c1-2-17-12-7-5-6-11(10-12)14(16-15)13-8-3-4-9-18-13/h5-8,10,14,16H,2-4,9,15H2,1H3. The molecule has 1 unspecified atom stereocenters. The van der Waals surface area contributed by atoms with Crippen molar-refractivity contribution in [2.24, 2.45) is 5.84 Å². The molecule has 1 aromatic rings. The summed E-state index contributed by atoms with van der Waals surface area (Å²) in [4.78, 5) is 0. The van der Waals surface area contributed by atoms with E-state index in [1.54, 1.807) is 0 Å². The van der Waals surface area contributed by atoms with Gasteiger partial charge in [-0.05, 0) is 43.5 Å². The molecule has 2 rings (SSSR count). The predicted molar refractivity (Wildman–Crippen MR) is 70.9 cm³/mol. The summed E-state index contributed by atoms with van der Waals surface area (Å²) in [5.74, 6) is 7.40. The maximum absolute atomic E-state index is 5.66. The number of nitrogens with two attached hydrogens (primary N) is 1. The van der Waals surface area contributed by atoms with Crippen molar-refractivity contribution in [3.05, 3.63) is 41.7 Å². The Hall–Kier alpha value is -1.52. The normalized spacial score (nSPS) is 16.7. The van der Waals surface area contributed by atoms with E-state index in [1.165, 1.54) is 0 Å². The molecule has 0 aromatic heterocycles. The predicted octanol–water partition coefficient (Wildman–Crippen LogP) is 2.28. The average Bonchev–Trinajstić information content (AvgIpc) is 2.42. The lowest BCUT2D eigenvalue weighted by molar-refractivity contribution is 0.168. The van der Waals surface area contributed by atoms with Crippen LogP contribution in [0.1, 0.15) is 31.4 Å². The van der Waals surface area contributed by atoms with Crippen molar-refractivity contribution >= 4 is 0 Å². The topological polar surface area (TPSA) is 56.5 Å². The zero-order chi connectivity index (χ0) is 12.8. The first kappa shape index (κ1) is 12.9. The molecule has 1 aromatic carbocycles. The van der Waals surface area contributed by atoms with Gasteiger partial charge in [0.25, 0.3) is 0 Å². The summed E-state index contributed by atoms with van der Waals surface area (Å²) in [5, 5.41) is 0. The second-order valence-corrected chi connectivity index (χ2v) is 4.20. The van der Waals surface area contributed by atoms with Crippen LogP contribution in [0.25, 0.3) is 0 Å². The molecule has 0 fully saturated rings. The van der Waals surface area contributed by atoms with Crippen LogP contribution in [0.5, 0.6) is 5.75 Å². The fraction of sp³-hybridized carbons (Fsp3) is 0.429. The Balaban J connectivity index is 2.21. The molecule has 1 aliphatic heterocycles. The first-order chi connectivity index (χ1) is 8.85. The van der Waals surface area contributed by atoms with E-state index in [2.05, 4.69) is 11.5 Å². The van der Waals surface area contributed by atoms with Gasteiger partial charge in [-0.3, -0.25) is 5.84 Å². The summed E-state index contributed by atoms with van der Waals surface area (Å²) in [6.07, 6.45) is 4.21. The Morgan fingerprint density at radius 3 is 3.06 bits per heavy atom. The minimum atomic E-state index is -0.106. The molecule has 0 spiro atoms. The Morgan fingerprint density at radius 1 is 1.50 bits per heavy atom. The molecule has 0 radical (unpaired) electrons. The lowest BCUT2D eigenvalue weighted by atomic mass is 10.0. The van der Waals surface area contributed by atoms with Gasteiger partial charge in [-0.2, -0.15) is 0 Å². The van der Waals surface area contributed by atoms with E-state index in [1.807, 2.05) is 31.2 Å². The molecular formula is C14H20N2O2. The lowest BCUT2D eigenvalue weighted by Gasteiger charge is -2.23. The first-order valence-electron chi connectivity index (χ1n) is 6.37. The van der Waals surface area contributed by atoms with E-state index in [0.717, 1.165) is 36.5 Å². The lowest BCUT2D eigenvalue weighted by Crippen LogP contribution is -2.31. The smallest absolute Gasteiger partial charge is 0.119 e. The molecule has 1 aliphatic rings. The second kappa shape index (κ2) is 6.42. The summed E-state index contributed by atoms with van der Waals surface area (Å²) in [6, 6.07) is 7.81. The van der Waals surface area contributed by atoms with Gasteiger partial charge in [0.1, 0.15) is 17.6 Å². The van der Waals surface area contributed by atoms with Crippen LogP contribution < -0.4 is 16.0 Å². The number of ether oxygens (including phenoxy) is 2. The van der Waals surface area contributed by atoms with Crippen LogP contribution in [0.15, 0.2) is 36.1 Å². The summed E-state index contributed by atoms with van der Waals surface area (Å²) in [5.41, 5.74) is 3.86. The number of allylic oxidation sites excluding steroid dienone is 1. The van der Waals surface area contributed by atoms with Crippen molar-refractivity contribution in [2.45, 2.75) is 25.8 Å². The van der Waals surface area contributed by atoms with Gasteiger partial charge in [0.05, 0.1) is 13.2 Å². The zero-order valence-electron chi connectivity index (χ0n) is 10.7. The molecule has 18 heavy (non-hydrogen) atoms. The van der Waals surface area contributed by atoms with Crippen molar-refractivity contribution in [1.29, 1.82) is 0 Å². The second-order valence-electron chi connectivity index (χ2n) is 4.20. The number of rotatable bonds is 5. The van der Waals surface area contributed by atoms with E-state index in [4.69, 9.17) is 15.3 Å². The molecular weight excluding hydrogens is 228 g/mol. The highest BCUT2D eigenvalue weighted by atomic mass is 16.5. The Bertz CT molecular complexity index is 418. The maximum Gasteiger partial charge on any atom is 0.119 e. The van der Waals surface area contributed by atoms with Gasteiger partial charge in [0, 0.05) is 0 Å². The first-order valence-corrected chi connectivity index (χ1v) is 6.37. The van der Waals surface area contributed by atoms with Gasteiger partial charge in [-0.1, -0.05) is 12.1 Å². The van der Waals surface area contributed by atoms with Crippen molar-refractivity contribution < 1.29 is 9.47 Å². The van der Waals surface area contributed by atoms with Crippen LogP contribution in [0.2, 0.25) is 0 Å². The molecule has 1 heterocycles. The van der Waals surface area contributed by atoms with Gasteiger partial charge in [-0.25, -0.2) is 5.43 Å². The van der Waals surface area contributed by atoms with Gasteiger partial charge < -0.3 is 9.47 Å². The minimum Gasteiger partial charge on any atom is -0.496 e. The number of hydrogen-bond acceptors (Lipinski definition) is 4. The third kappa shape index (κ3) is 3.03. The van der Waals surface area contributed by atoms with Crippen LogP contribution in [0.3, 0.4) is 0 Å². The fourth-order valence-electron chi connectivity index (χ4n) is 2.07. The van der Waals surface area contributed by atoms with Gasteiger partial charge in [-0.15, -0.1) is 0 Å². The summed E-state index contributed by atoms with van der Waals surface area (Å²) >= 11 is 0. The Morgan fingerprint density at radius 2 is 2.39 bits per heavy atom. The third-order valence-electron chi connectivity index (χ3n) is 2.92. The molecule has 98 valence electrons. The molecule has 0 saturated carbocycles. The third-order valence-corrected chi connectivity index (χ3v) is 2.92. The summed E-state index contributed by atoms with van der Waals surface area (Å²) < 4.78 is 11.2. The molecule has 0 amide bonds. The largest absolute Gasteiger partial charge is 0.496 e. The molecule has 3 N–H and O–H groups in total. The van der Waals surface area contributed by atoms with Crippen LogP contribution in [0.4, 0.5) is 0 Å². The van der Waals surface area contributed by atoms with E-state index < -0.39 is 0 Å². The number of nitrogens with one attached hydrogen (secondary N) is 1. The SMILES string of the molecule is CCOc1cccc(C(NN)C2=CCCCO2)c1. The van der Waals surface area contributed by atoms with Gasteiger partial charge >= 0.3 is 0 Å². The van der Waals surface area contributed by atoms with E-state index in [9.17, 15) is 0 Å². The highest BCUT2D eigenvalue weighted by Gasteiger charge is 2.18. The highest BCUT2D eigenvalue weighted by molar-refractivity contribution is 5.34. The van der Waals surface area contributed by atoms with E-state index in [-0.39, 0.29) is 6.04 Å². The zero-order valence-corrected chi connectivity index (χ0v) is 10.7. The van der Waals surface area contributed by atoms with Crippen molar-refractivity contribution in [1.82, 2.24) is 5.43 Å². The van der Waals surface area contributed by atoms with Crippen LogP contribution in [-0.4, -0.2) is 13.2 Å². The van der Waals surface area contributed by atoms with Crippen LogP contribution in [0, 0.1) is 0 Å². The maximum atomic E-state index is 5.66. The monoisotopic (exact) mass is 248 g/mol. The van der Waals surface area contributed by atoms with Crippen LogP contribution >= 0.6 is 0 Å². The van der Waals surface area contributed by atoms with Crippen molar-refractivity contribution in [3.63, 3.8) is 0 Å². The number of benzene rings is 1. The Labute approximate surface area is 108 Å². The minimum absolute atomic E-state index is 0.106. The molecule has 0 saturated heterocycles. The molecule has 1 atom stereocenters. The van der Waals surface area contributed by atoms with Crippen molar-refractivity contribution in [3.8, 4) is 5.75 Å². The summed E-state index contributed by atoms with van der Waals surface area (Å²) in [6.45, 7) is 3.39. The van der Waals surface area contributed by atoms with E-state index >= 15 is 0 Å². The highest BCUT2D eigenvalue weighted by Crippen LogP contribution is 2.27. The fourth-order valence-corrected chi connectivity index (χ4v) is 2.07. The number of hydrazine groups is 1. The van der Waals surface area contributed by atoms with Crippen molar-refractivity contribution in [2.75, 3.05) is 13.2 Å². The average molecular weight is 248 g/mol. The number of hydrogen-bond donors (Lipinski definition) is 2. The van der Waals surface area contributed by atoms with Crippen LogP contribution in [-0.2, 0) is 4.74 Å². The molecule has 0 bridgehead atoms.